The topological polar surface area (TPSA) is 71.9 Å². The molecule has 1 fully saturated rings. The number of hydrogen-bond donors (Lipinski definition) is 2. The average Bonchev–Trinajstić information content (AvgIpc) is 3.08. The number of halogens is 1. The Morgan fingerprint density at radius 3 is 2.85 bits per heavy atom. The van der Waals surface area contributed by atoms with E-state index in [0.29, 0.717) is 22.2 Å². The van der Waals surface area contributed by atoms with Gasteiger partial charge in [0.15, 0.2) is 0 Å². The smallest absolute Gasteiger partial charge is 0.255 e. The minimum atomic E-state index is -0.138. The highest BCUT2D eigenvalue weighted by molar-refractivity contribution is 6.32. The van der Waals surface area contributed by atoms with Crippen molar-refractivity contribution in [2.45, 2.75) is 44.4 Å². The van der Waals surface area contributed by atoms with Crippen LogP contribution in [0.25, 0.3) is 10.8 Å². The summed E-state index contributed by atoms with van der Waals surface area (Å²) in [6.07, 6.45) is 7.82. The van der Waals surface area contributed by atoms with E-state index in [2.05, 4.69) is 15.4 Å². The van der Waals surface area contributed by atoms with Gasteiger partial charge in [-0.15, -0.1) is 0 Å². The minimum absolute atomic E-state index is 0.138. The number of pyridine rings is 1. The second-order valence-corrected chi connectivity index (χ2v) is 7.54. The summed E-state index contributed by atoms with van der Waals surface area (Å²) in [4.78, 5) is 14.5. The lowest BCUT2D eigenvalue weighted by atomic mass is 9.93. The van der Waals surface area contributed by atoms with Crippen LogP contribution in [0, 0.1) is 0 Å². The highest BCUT2D eigenvalue weighted by Gasteiger charge is 2.23. The lowest BCUT2D eigenvalue weighted by Gasteiger charge is -2.29. The molecule has 0 radical (unpaired) electrons. The van der Waals surface area contributed by atoms with E-state index in [1.165, 1.54) is 0 Å². The third-order valence-corrected chi connectivity index (χ3v) is 5.43. The maximum atomic E-state index is 11.9. The van der Waals surface area contributed by atoms with E-state index in [4.69, 9.17) is 16.3 Å². The van der Waals surface area contributed by atoms with Crippen molar-refractivity contribution < 1.29 is 4.74 Å². The van der Waals surface area contributed by atoms with Crippen molar-refractivity contribution in [1.29, 1.82) is 0 Å². The van der Waals surface area contributed by atoms with E-state index in [-0.39, 0.29) is 11.7 Å². The Labute approximate surface area is 162 Å². The molecule has 2 N–H and O–H groups in total. The highest BCUT2D eigenvalue weighted by Crippen LogP contribution is 2.32. The Kier molecular flexibility index (Phi) is 5.18. The Bertz CT molecular complexity index is 989. The van der Waals surface area contributed by atoms with Crippen molar-refractivity contribution in [1.82, 2.24) is 20.1 Å². The number of aromatic amines is 1. The molecular formula is C20H23ClN4O2. The van der Waals surface area contributed by atoms with Crippen LogP contribution < -0.4 is 15.6 Å². The van der Waals surface area contributed by atoms with E-state index in [1.54, 1.807) is 12.3 Å². The summed E-state index contributed by atoms with van der Waals surface area (Å²) in [5, 5.41) is 9.88. The molecule has 2 heterocycles. The van der Waals surface area contributed by atoms with Crippen LogP contribution in [0.2, 0.25) is 5.02 Å². The molecule has 0 unspecified atom stereocenters. The lowest BCUT2D eigenvalue weighted by Crippen LogP contribution is -2.36. The number of fused-ring (bicyclic) bond motifs is 1. The minimum Gasteiger partial charge on any atom is -0.489 e. The van der Waals surface area contributed by atoms with Gasteiger partial charge in [0.25, 0.3) is 5.56 Å². The second kappa shape index (κ2) is 7.74. The fraction of sp³-hybridized carbons (Fsp3) is 0.400. The molecule has 142 valence electrons. The number of H-pyrrole nitrogens is 1. The zero-order chi connectivity index (χ0) is 18.8. The molecule has 0 aliphatic heterocycles. The van der Waals surface area contributed by atoms with Gasteiger partial charge in [-0.05, 0) is 55.3 Å². The Balaban J connectivity index is 1.34. The van der Waals surface area contributed by atoms with Crippen LogP contribution in [0.15, 0.2) is 41.5 Å². The van der Waals surface area contributed by atoms with Gasteiger partial charge in [-0.1, -0.05) is 11.6 Å². The van der Waals surface area contributed by atoms with Crippen LogP contribution >= 0.6 is 11.6 Å². The molecule has 0 spiro atoms. The van der Waals surface area contributed by atoms with Crippen molar-refractivity contribution in [3.63, 3.8) is 0 Å². The molecule has 2 aromatic heterocycles. The summed E-state index contributed by atoms with van der Waals surface area (Å²) < 4.78 is 7.98. The summed E-state index contributed by atoms with van der Waals surface area (Å²) in [5.74, 6) is 0.652. The van der Waals surface area contributed by atoms with Crippen molar-refractivity contribution in [2.75, 3.05) is 0 Å². The van der Waals surface area contributed by atoms with E-state index < -0.39 is 0 Å². The Morgan fingerprint density at radius 2 is 2.11 bits per heavy atom. The molecule has 7 heteroatoms. The summed E-state index contributed by atoms with van der Waals surface area (Å²) in [7, 11) is 1.93. The number of ether oxygens (including phenoxy) is 1. The van der Waals surface area contributed by atoms with Gasteiger partial charge < -0.3 is 15.0 Å². The average molecular weight is 387 g/mol. The molecule has 1 aliphatic rings. The lowest BCUT2D eigenvalue weighted by molar-refractivity contribution is 0.139. The molecule has 6 nitrogen and oxygen atoms in total. The first kappa shape index (κ1) is 18.1. The molecular weight excluding hydrogens is 364 g/mol. The van der Waals surface area contributed by atoms with Crippen LogP contribution in [0.1, 0.15) is 31.4 Å². The van der Waals surface area contributed by atoms with Crippen LogP contribution in [0.4, 0.5) is 0 Å². The van der Waals surface area contributed by atoms with Crippen LogP contribution in [0.3, 0.4) is 0 Å². The molecule has 0 amide bonds. The third kappa shape index (κ3) is 4.17. The van der Waals surface area contributed by atoms with Crippen LogP contribution in [-0.4, -0.2) is 26.9 Å². The molecule has 3 aromatic rings. The van der Waals surface area contributed by atoms with Crippen LogP contribution in [-0.2, 0) is 13.6 Å². The van der Waals surface area contributed by atoms with Crippen molar-refractivity contribution in [2.24, 2.45) is 7.05 Å². The molecule has 27 heavy (non-hydrogen) atoms. The van der Waals surface area contributed by atoms with Crippen LogP contribution in [0.5, 0.6) is 5.75 Å². The monoisotopic (exact) mass is 386 g/mol. The van der Waals surface area contributed by atoms with Crippen molar-refractivity contribution in [3.05, 3.63) is 57.7 Å². The number of nitrogens with zero attached hydrogens (tertiary/aromatic N) is 2. The standard InChI is InChI=1S/C20H23ClN4O2/c1-25-9-7-15(24-25)12-23-14-2-4-16(5-3-14)27-19-10-13-6-8-22-20(26)17(13)11-18(19)21/h6-11,14,16,23H,2-5,12H2,1H3,(H,22,26). The third-order valence-electron chi connectivity index (χ3n) is 5.13. The summed E-state index contributed by atoms with van der Waals surface area (Å²) in [5.41, 5.74) is 0.925. The predicted octanol–water partition coefficient (Wildman–Crippen LogP) is 3.39. The molecule has 1 aromatic carbocycles. The molecule has 4 rings (SSSR count). The van der Waals surface area contributed by atoms with E-state index in [9.17, 15) is 4.79 Å². The van der Waals surface area contributed by atoms with Crippen molar-refractivity contribution in [3.8, 4) is 5.75 Å². The maximum Gasteiger partial charge on any atom is 0.255 e. The number of aryl methyl sites for hydroxylation is 1. The van der Waals surface area contributed by atoms with Gasteiger partial charge in [0.1, 0.15) is 5.75 Å². The number of hydrogen-bond acceptors (Lipinski definition) is 4. The van der Waals surface area contributed by atoms with Gasteiger partial charge in [-0.25, -0.2) is 0 Å². The molecule has 1 aliphatic carbocycles. The zero-order valence-electron chi connectivity index (χ0n) is 15.2. The molecule has 0 bridgehead atoms. The normalized spacial score (nSPS) is 20.1. The van der Waals surface area contributed by atoms with Gasteiger partial charge in [-0.2, -0.15) is 5.10 Å². The number of aromatic nitrogens is 3. The summed E-state index contributed by atoms with van der Waals surface area (Å²) >= 11 is 6.34. The highest BCUT2D eigenvalue weighted by atomic mass is 35.5. The number of nitrogens with one attached hydrogen (secondary N) is 2. The SMILES string of the molecule is Cn1ccc(CNC2CCC(Oc3cc4cc[nH]c(=O)c4cc3Cl)CC2)n1. The summed E-state index contributed by atoms with van der Waals surface area (Å²) in [6, 6.07) is 7.92. The molecule has 0 saturated heterocycles. The molecule has 1 saturated carbocycles. The fourth-order valence-corrected chi connectivity index (χ4v) is 3.86. The maximum absolute atomic E-state index is 11.9. The van der Waals surface area contributed by atoms with E-state index >= 15 is 0 Å². The largest absolute Gasteiger partial charge is 0.489 e. The van der Waals surface area contributed by atoms with E-state index in [1.807, 2.05) is 36.1 Å². The van der Waals surface area contributed by atoms with E-state index in [0.717, 1.165) is 43.3 Å². The quantitative estimate of drug-likeness (QED) is 0.705. The number of benzene rings is 1. The Morgan fingerprint density at radius 1 is 1.30 bits per heavy atom. The van der Waals surface area contributed by atoms with Gasteiger partial charge in [0.2, 0.25) is 0 Å². The predicted molar refractivity (Wildman–Crippen MR) is 106 cm³/mol. The fourth-order valence-electron chi connectivity index (χ4n) is 3.65. The first-order chi connectivity index (χ1) is 13.1. The van der Waals surface area contributed by atoms with Gasteiger partial charge in [-0.3, -0.25) is 9.48 Å². The Hall–Kier alpha value is -2.31. The molecule has 0 atom stereocenters. The zero-order valence-corrected chi connectivity index (χ0v) is 16.0. The van der Waals surface area contributed by atoms with Crippen molar-refractivity contribution >= 4 is 22.4 Å². The van der Waals surface area contributed by atoms with Gasteiger partial charge in [0.05, 0.1) is 16.8 Å². The van der Waals surface area contributed by atoms with Gasteiger partial charge in [0, 0.05) is 37.4 Å². The number of rotatable bonds is 5. The first-order valence-electron chi connectivity index (χ1n) is 9.28. The summed E-state index contributed by atoms with van der Waals surface area (Å²) in [6.45, 7) is 0.794. The first-order valence-corrected chi connectivity index (χ1v) is 9.66. The van der Waals surface area contributed by atoms with Gasteiger partial charge >= 0.3 is 0 Å². The second-order valence-electron chi connectivity index (χ2n) is 7.13.